The van der Waals surface area contributed by atoms with Gasteiger partial charge in [0.1, 0.15) is 46.5 Å². The van der Waals surface area contributed by atoms with Gasteiger partial charge in [-0.3, -0.25) is 0 Å². The zero-order chi connectivity index (χ0) is 50.5. The molecule has 0 unspecified atom stereocenters. The molecular formula is C59H72N4O4S4. The molecule has 0 bridgehead atoms. The van der Waals surface area contributed by atoms with Crippen molar-refractivity contribution in [2.45, 2.75) is 168 Å². The van der Waals surface area contributed by atoms with Crippen LogP contribution < -0.4 is 19.1 Å². The number of thiophene rings is 4. The van der Waals surface area contributed by atoms with Crippen molar-refractivity contribution in [1.29, 1.82) is 15.8 Å². The van der Waals surface area contributed by atoms with Gasteiger partial charge in [-0.25, -0.2) is 0 Å². The molecule has 376 valence electrons. The van der Waals surface area contributed by atoms with Crippen LogP contribution in [0.15, 0.2) is 52.8 Å². The summed E-state index contributed by atoms with van der Waals surface area (Å²) in [4.78, 5) is 7.34. The maximum Gasteiger partial charge on any atom is 0.172 e. The minimum atomic E-state index is -0.881. The van der Waals surface area contributed by atoms with Gasteiger partial charge < -0.3 is 23.8 Å². The fourth-order valence-corrected chi connectivity index (χ4v) is 15.4. The molecule has 0 amide bonds. The molecule has 12 heteroatoms. The predicted molar refractivity (Wildman–Crippen MR) is 302 cm³/mol. The Morgan fingerprint density at radius 3 is 1.68 bits per heavy atom. The number of allylic oxidation sites excluding steroid dienone is 2. The van der Waals surface area contributed by atoms with E-state index in [0.717, 1.165) is 76.8 Å². The van der Waals surface area contributed by atoms with Crippen molar-refractivity contribution < 1.29 is 18.9 Å². The summed E-state index contributed by atoms with van der Waals surface area (Å²) in [5.41, 5.74) is 2.83. The molecule has 2 aliphatic heterocycles. The van der Waals surface area contributed by atoms with Crippen molar-refractivity contribution in [3.8, 4) is 45.2 Å². The molecule has 71 heavy (non-hydrogen) atoms. The van der Waals surface area contributed by atoms with Gasteiger partial charge in [0.25, 0.3) is 0 Å². The lowest BCUT2D eigenvalue weighted by molar-refractivity contribution is 0.0431. The minimum absolute atomic E-state index is 0.0505. The standard InChI is InChI=1S/C59H72N4O4S4/c1-9-13-17-21-29-59(30-22-18-14-10-2)51-54-49(35-42(68-54)25-27-44-47(64-7)33-41(34-48(44)65-8)63(31-23-19-15-11-3)32-24-20-16-12-4)70-56(51)57-53(67-59)55-50(71-57)36-43(69-55)26-28-46-45(39-62)52(40(37-60)38-61)66-58(46,5)6/h25-28,33-36H,9-24,29-32H2,1-8H3/b27-25+,28-26+. The van der Waals surface area contributed by atoms with Crippen LogP contribution in [0.2, 0.25) is 0 Å². The van der Waals surface area contributed by atoms with Gasteiger partial charge >= 0.3 is 0 Å². The predicted octanol–water partition coefficient (Wildman–Crippen LogP) is 18.5. The summed E-state index contributed by atoms with van der Waals surface area (Å²) in [7, 11) is 3.54. The molecule has 0 spiro atoms. The van der Waals surface area contributed by atoms with E-state index in [1.54, 1.807) is 25.6 Å². The Kier molecular flexibility index (Phi) is 19.0. The third kappa shape index (κ3) is 11.9. The first-order chi connectivity index (χ1) is 34.5. The Balaban J connectivity index is 1.27. The SMILES string of the molecule is CCCCCCN(CCCCCC)c1cc(OC)c(/C=C/c2cc3sc4c(c3s2)C(CCCCCC)(CCCCCC)Oc2c-4sc3cc(/C=C/C4=C(C#N)C(=C(C#N)C#N)OC4(C)C)sc23)c(OC)c1. The number of fused-ring (bicyclic) bond motifs is 7. The van der Waals surface area contributed by atoms with Crippen LogP contribution in [0.1, 0.15) is 178 Å². The van der Waals surface area contributed by atoms with Gasteiger partial charge in [-0.1, -0.05) is 111 Å². The van der Waals surface area contributed by atoms with Gasteiger partial charge in [-0.05, 0) is 82.7 Å². The molecular weight excluding hydrogens is 957 g/mol. The summed E-state index contributed by atoms with van der Waals surface area (Å²) in [5, 5.41) is 29.3. The van der Waals surface area contributed by atoms with Crippen molar-refractivity contribution in [2.75, 3.05) is 32.2 Å². The molecule has 0 aliphatic carbocycles. The monoisotopic (exact) mass is 1030 g/mol. The lowest BCUT2D eigenvalue weighted by Gasteiger charge is -2.39. The number of anilines is 1. The highest BCUT2D eigenvalue weighted by molar-refractivity contribution is 7.35. The third-order valence-electron chi connectivity index (χ3n) is 13.9. The maximum atomic E-state index is 10.2. The van der Waals surface area contributed by atoms with E-state index >= 15 is 0 Å². The summed E-state index contributed by atoms with van der Waals surface area (Å²) in [6.45, 7) is 14.9. The second kappa shape index (κ2) is 25.1. The highest BCUT2D eigenvalue weighted by Gasteiger charge is 2.45. The lowest BCUT2D eigenvalue weighted by Crippen LogP contribution is -2.35. The summed E-state index contributed by atoms with van der Waals surface area (Å²) >= 11 is 7.31. The normalized spacial score (nSPS) is 14.7. The average molecular weight is 1030 g/mol. The van der Waals surface area contributed by atoms with Crippen LogP contribution in [-0.2, 0) is 10.3 Å². The number of hydrogen-bond donors (Lipinski definition) is 0. The molecule has 7 rings (SSSR count). The van der Waals surface area contributed by atoms with Gasteiger partial charge in [0, 0.05) is 56.5 Å². The van der Waals surface area contributed by atoms with Crippen LogP contribution in [0, 0.1) is 34.0 Å². The van der Waals surface area contributed by atoms with E-state index in [-0.39, 0.29) is 16.9 Å². The molecule has 2 aliphatic rings. The van der Waals surface area contributed by atoms with E-state index in [1.165, 1.54) is 124 Å². The quantitative estimate of drug-likeness (QED) is 0.0378. The van der Waals surface area contributed by atoms with Crippen LogP contribution in [0.4, 0.5) is 5.69 Å². The highest BCUT2D eigenvalue weighted by atomic mass is 32.1. The first-order valence-electron chi connectivity index (χ1n) is 26.1. The zero-order valence-corrected chi connectivity index (χ0v) is 46.6. The topological polar surface area (TPSA) is 112 Å². The summed E-state index contributed by atoms with van der Waals surface area (Å²) in [6.07, 6.45) is 29.5. The number of nitriles is 3. The lowest BCUT2D eigenvalue weighted by atomic mass is 9.81. The number of methoxy groups -OCH3 is 2. The van der Waals surface area contributed by atoms with Gasteiger partial charge in [0.05, 0.1) is 43.6 Å². The molecule has 6 heterocycles. The molecule has 8 nitrogen and oxygen atoms in total. The number of hydrogen-bond acceptors (Lipinski definition) is 12. The van der Waals surface area contributed by atoms with Crippen molar-refractivity contribution in [3.05, 3.63) is 73.7 Å². The van der Waals surface area contributed by atoms with Gasteiger partial charge in [0.15, 0.2) is 17.1 Å². The summed E-state index contributed by atoms with van der Waals surface area (Å²) in [5.74, 6) is 2.70. The van der Waals surface area contributed by atoms with Crippen LogP contribution in [0.3, 0.4) is 0 Å². The fraction of sp³-hybridized carbons (Fsp3) is 0.508. The molecule has 0 saturated carbocycles. The Morgan fingerprint density at radius 2 is 1.14 bits per heavy atom. The number of rotatable bonds is 27. The fourth-order valence-electron chi connectivity index (χ4n) is 10.1. The number of benzene rings is 1. The molecule has 0 N–H and O–H groups in total. The van der Waals surface area contributed by atoms with E-state index in [2.05, 4.69) is 75.1 Å². The van der Waals surface area contributed by atoms with Gasteiger partial charge in [-0.15, -0.1) is 45.3 Å². The molecule has 0 saturated heterocycles. The second-order valence-electron chi connectivity index (χ2n) is 19.4. The number of unbranched alkanes of at least 4 members (excludes halogenated alkanes) is 12. The van der Waals surface area contributed by atoms with Crippen LogP contribution in [0.25, 0.3) is 46.8 Å². The van der Waals surface area contributed by atoms with Gasteiger partial charge in [-0.2, -0.15) is 15.8 Å². The largest absolute Gasteiger partial charge is 0.496 e. The molecule has 1 aromatic carbocycles. The number of ether oxygens (including phenoxy) is 4. The van der Waals surface area contributed by atoms with Crippen LogP contribution >= 0.6 is 45.3 Å². The molecule has 0 atom stereocenters. The van der Waals surface area contributed by atoms with E-state index in [9.17, 15) is 15.8 Å². The van der Waals surface area contributed by atoms with Gasteiger partial charge in [0.2, 0.25) is 0 Å². The Morgan fingerprint density at radius 1 is 0.620 bits per heavy atom. The third-order valence-corrected chi connectivity index (χ3v) is 18.8. The minimum Gasteiger partial charge on any atom is -0.496 e. The number of nitrogens with zero attached hydrogens (tertiary/aromatic N) is 4. The van der Waals surface area contributed by atoms with Crippen molar-refractivity contribution >= 4 is 88.1 Å². The Labute approximate surface area is 439 Å². The van der Waals surface area contributed by atoms with Crippen LogP contribution in [0.5, 0.6) is 17.2 Å². The first kappa shape index (κ1) is 53.8. The first-order valence-corrected chi connectivity index (χ1v) is 29.4. The molecule has 4 aromatic heterocycles. The van der Waals surface area contributed by atoms with E-state index in [0.29, 0.717) is 5.57 Å². The van der Waals surface area contributed by atoms with Crippen molar-refractivity contribution in [1.82, 2.24) is 0 Å². The van der Waals surface area contributed by atoms with E-state index < -0.39 is 11.2 Å². The van der Waals surface area contributed by atoms with Crippen molar-refractivity contribution in [2.24, 2.45) is 0 Å². The van der Waals surface area contributed by atoms with E-state index in [4.69, 9.17) is 18.9 Å². The van der Waals surface area contributed by atoms with Crippen molar-refractivity contribution in [3.63, 3.8) is 0 Å². The Bertz CT molecular complexity index is 2830. The zero-order valence-electron chi connectivity index (χ0n) is 43.3. The molecule has 5 aromatic rings. The Hall–Kier alpha value is -5.03. The van der Waals surface area contributed by atoms with E-state index in [1.807, 2.05) is 72.1 Å². The second-order valence-corrected chi connectivity index (χ2v) is 23.7. The molecule has 0 radical (unpaired) electrons. The summed E-state index contributed by atoms with van der Waals surface area (Å²) in [6, 6.07) is 15.0. The van der Waals surface area contributed by atoms with Crippen LogP contribution in [-0.4, -0.2) is 32.9 Å². The smallest absolute Gasteiger partial charge is 0.172 e. The average Bonchev–Trinajstić information content (AvgIpc) is 4.18. The maximum absolute atomic E-state index is 10.2. The molecule has 0 fully saturated rings. The summed E-state index contributed by atoms with van der Waals surface area (Å²) < 4.78 is 30.9. The highest BCUT2D eigenvalue weighted by Crippen LogP contribution is 2.62.